The first-order valence-electron chi connectivity index (χ1n) is 10.9. The van der Waals surface area contributed by atoms with Gasteiger partial charge >= 0.3 is 0 Å². The highest BCUT2D eigenvalue weighted by molar-refractivity contribution is 7.89. The van der Waals surface area contributed by atoms with Gasteiger partial charge in [0.05, 0.1) is 9.79 Å². The van der Waals surface area contributed by atoms with Crippen LogP contribution in [-0.4, -0.2) is 40.8 Å². The van der Waals surface area contributed by atoms with Crippen molar-refractivity contribution >= 4 is 25.6 Å². The number of hydrogen-bond donors (Lipinski definition) is 1. The maximum atomic E-state index is 13.4. The third kappa shape index (κ3) is 6.42. The molecule has 0 aliphatic carbocycles. The van der Waals surface area contributed by atoms with E-state index in [4.69, 9.17) is 0 Å². The van der Waals surface area contributed by atoms with E-state index in [0.29, 0.717) is 5.57 Å². The Bertz CT molecular complexity index is 1350. The summed E-state index contributed by atoms with van der Waals surface area (Å²) in [6, 6.07) is 20.7. The Morgan fingerprint density at radius 3 is 1.68 bits per heavy atom. The monoisotopic (exact) mass is 498 g/mol. The lowest BCUT2D eigenvalue weighted by atomic mass is 10.1. The molecule has 0 radical (unpaired) electrons. The Labute approximate surface area is 203 Å². The topological polar surface area (TPSA) is 83.6 Å². The Morgan fingerprint density at radius 2 is 1.18 bits per heavy atom. The van der Waals surface area contributed by atoms with Crippen molar-refractivity contribution in [2.24, 2.45) is 0 Å². The van der Waals surface area contributed by atoms with Crippen LogP contribution in [0.2, 0.25) is 0 Å². The van der Waals surface area contributed by atoms with Gasteiger partial charge < -0.3 is 0 Å². The molecule has 6 nitrogen and oxygen atoms in total. The van der Waals surface area contributed by atoms with Crippen molar-refractivity contribution in [2.75, 3.05) is 19.6 Å². The summed E-state index contributed by atoms with van der Waals surface area (Å²) in [5, 5.41) is 0. The molecule has 0 spiro atoms. The zero-order chi connectivity index (χ0) is 24.9. The first kappa shape index (κ1) is 25.8. The van der Waals surface area contributed by atoms with Crippen molar-refractivity contribution in [2.45, 2.75) is 30.6 Å². The lowest BCUT2D eigenvalue weighted by Crippen LogP contribution is -2.39. The molecule has 0 fully saturated rings. The van der Waals surface area contributed by atoms with Crippen LogP contribution in [0.1, 0.15) is 22.3 Å². The second kappa shape index (κ2) is 10.7. The first-order chi connectivity index (χ1) is 16.0. The minimum atomic E-state index is -3.88. The summed E-state index contributed by atoms with van der Waals surface area (Å²) in [5.74, 6) is 0. The Morgan fingerprint density at radius 1 is 0.735 bits per heavy atom. The minimum Gasteiger partial charge on any atom is -0.210 e. The van der Waals surface area contributed by atoms with Crippen LogP contribution in [0.3, 0.4) is 0 Å². The standard InChI is InChI=1S/C26H30N2O4S2/c1-20-5-11-24(12-6-20)23(4)19-28(34(31,32)26-15-9-22(3)10-16-26)18-17-27-33(29,30)25-13-7-21(2)8-14-25/h5-16,27H,4,17-19H2,1-3H3. The molecular formula is C26H30N2O4S2. The van der Waals surface area contributed by atoms with Crippen LogP contribution in [0.25, 0.3) is 5.57 Å². The van der Waals surface area contributed by atoms with Gasteiger partial charge in [0.1, 0.15) is 0 Å². The van der Waals surface area contributed by atoms with Crippen LogP contribution in [0.5, 0.6) is 0 Å². The smallest absolute Gasteiger partial charge is 0.210 e. The predicted molar refractivity (Wildman–Crippen MR) is 137 cm³/mol. The van der Waals surface area contributed by atoms with E-state index in [2.05, 4.69) is 11.3 Å². The Balaban J connectivity index is 1.82. The predicted octanol–water partition coefficient (Wildman–Crippen LogP) is 4.29. The van der Waals surface area contributed by atoms with E-state index >= 15 is 0 Å². The minimum absolute atomic E-state index is 0.0333. The van der Waals surface area contributed by atoms with Gasteiger partial charge in [0.25, 0.3) is 0 Å². The first-order valence-corrected chi connectivity index (χ1v) is 13.8. The third-order valence-corrected chi connectivity index (χ3v) is 8.81. The lowest BCUT2D eigenvalue weighted by molar-refractivity contribution is 0.447. The zero-order valence-corrected chi connectivity index (χ0v) is 21.3. The van der Waals surface area contributed by atoms with Crippen LogP contribution in [0, 0.1) is 20.8 Å². The third-order valence-electron chi connectivity index (χ3n) is 5.47. The van der Waals surface area contributed by atoms with Crippen molar-refractivity contribution in [3.05, 3.63) is 102 Å². The summed E-state index contributed by atoms with van der Waals surface area (Å²) in [6.45, 7) is 9.72. The van der Waals surface area contributed by atoms with E-state index in [9.17, 15) is 16.8 Å². The molecule has 8 heteroatoms. The summed E-state index contributed by atoms with van der Waals surface area (Å²) in [6.07, 6.45) is 0. The van der Waals surface area contributed by atoms with Gasteiger partial charge in [-0.05, 0) is 56.2 Å². The van der Waals surface area contributed by atoms with E-state index in [0.717, 1.165) is 22.3 Å². The maximum absolute atomic E-state index is 13.4. The second-order valence-corrected chi connectivity index (χ2v) is 12.0. The van der Waals surface area contributed by atoms with Gasteiger partial charge in [-0.15, -0.1) is 0 Å². The number of hydrogen-bond acceptors (Lipinski definition) is 4. The second-order valence-electron chi connectivity index (χ2n) is 8.33. The highest BCUT2D eigenvalue weighted by Crippen LogP contribution is 2.21. The van der Waals surface area contributed by atoms with Crippen LogP contribution in [-0.2, 0) is 20.0 Å². The van der Waals surface area contributed by atoms with Gasteiger partial charge in [-0.1, -0.05) is 71.8 Å². The van der Waals surface area contributed by atoms with Gasteiger partial charge in [0, 0.05) is 19.6 Å². The van der Waals surface area contributed by atoms with Crippen LogP contribution in [0.4, 0.5) is 0 Å². The summed E-state index contributed by atoms with van der Waals surface area (Å²) in [5.41, 5.74) is 4.43. The number of nitrogens with one attached hydrogen (secondary N) is 1. The Kier molecular flexibility index (Phi) is 8.09. The van der Waals surface area contributed by atoms with E-state index in [1.807, 2.05) is 45.0 Å². The number of aryl methyl sites for hydroxylation is 3. The molecule has 0 saturated carbocycles. The zero-order valence-electron chi connectivity index (χ0n) is 19.7. The van der Waals surface area contributed by atoms with Gasteiger partial charge in [-0.3, -0.25) is 0 Å². The molecule has 0 aliphatic heterocycles. The molecule has 0 atom stereocenters. The molecule has 3 rings (SSSR count). The fraction of sp³-hybridized carbons (Fsp3) is 0.231. The van der Waals surface area contributed by atoms with E-state index in [1.54, 1.807) is 36.4 Å². The van der Waals surface area contributed by atoms with Crippen molar-refractivity contribution in [3.8, 4) is 0 Å². The fourth-order valence-electron chi connectivity index (χ4n) is 3.34. The molecule has 3 aromatic carbocycles. The molecule has 1 N–H and O–H groups in total. The molecular weight excluding hydrogens is 468 g/mol. The Hall–Kier alpha value is -2.78. The number of benzene rings is 3. The molecule has 3 aromatic rings. The average molecular weight is 499 g/mol. The molecule has 0 unspecified atom stereocenters. The van der Waals surface area contributed by atoms with E-state index in [-0.39, 0.29) is 29.4 Å². The van der Waals surface area contributed by atoms with Gasteiger partial charge in [-0.2, -0.15) is 4.31 Å². The molecule has 180 valence electrons. The molecule has 0 aliphatic rings. The largest absolute Gasteiger partial charge is 0.243 e. The van der Waals surface area contributed by atoms with Gasteiger partial charge in [0.2, 0.25) is 20.0 Å². The van der Waals surface area contributed by atoms with Gasteiger partial charge in [-0.25, -0.2) is 21.6 Å². The number of rotatable bonds is 10. The number of nitrogens with zero attached hydrogens (tertiary/aromatic N) is 1. The summed E-state index contributed by atoms with van der Waals surface area (Å²) in [7, 11) is -7.65. The molecule has 0 saturated heterocycles. The SMILES string of the molecule is C=C(CN(CCNS(=O)(=O)c1ccc(C)cc1)S(=O)(=O)c1ccc(C)cc1)c1ccc(C)cc1. The van der Waals surface area contributed by atoms with Crippen LogP contribution >= 0.6 is 0 Å². The summed E-state index contributed by atoms with van der Waals surface area (Å²) >= 11 is 0. The van der Waals surface area contributed by atoms with Crippen molar-refractivity contribution in [1.29, 1.82) is 0 Å². The highest BCUT2D eigenvalue weighted by atomic mass is 32.2. The lowest BCUT2D eigenvalue weighted by Gasteiger charge is -2.24. The highest BCUT2D eigenvalue weighted by Gasteiger charge is 2.26. The molecule has 0 heterocycles. The van der Waals surface area contributed by atoms with Gasteiger partial charge in [0.15, 0.2) is 0 Å². The van der Waals surface area contributed by atoms with Crippen molar-refractivity contribution < 1.29 is 16.8 Å². The van der Waals surface area contributed by atoms with E-state index < -0.39 is 20.0 Å². The summed E-state index contributed by atoms with van der Waals surface area (Å²) < 4.78 is 56.0. The quantitative estimate of drug-likeness (QED) is 0.452. The van der Waals surface area contributed by atoms with Crippen molar-refractivity contribution in [1.82, 2.24) is 9.03 Å². The van der Waals surface area contributed by atoms with Crippen LogP contribution < -0.4 is 4.72 Å². The molecule has 0 aromatic heterocycles. The number of sulfonamides is 2. The van der Waals surface area contributed by atoms with Crippen LogP contribution in [0.15, 0.2) is 89.2 Å². The normalized spacial score (nSPS) is 12.1. The fourth-order valence-corrected chi connectivity index (χ4v) is 5.80. The average Bonchev–Trinajstić information content (AvgIpc) is 2.79. The maximum Gasteiger partial charge on any atom is 0.243 e. The summed E-state index contributed by atoms with van der Waals surface area (Å²) in [4.78, 5) is 0.284. The molecule has 34 heavy (non-hydrogen) atoms. The molecule has 0 bridgehead atoms. The molecule has 0 amide bonds. The van der Waals surface area contributed by atoms with Crippen molar-refractivity contribution in [3.63, 3.8) is 0 Å². The van der Waals surface area contributed by atoms with E-state index in [1.165, 1.54) is 16.4 Å².